The number of aryl methyl sites for hydroxylation is 2. The molecule has 0 aliphatic rings. The van der Waals surface area contributed by atoms with Crippen molar-refractivity contribution in [2.24, 2.45) is 12.8 Å². The van der Waals surface area contributed by atoms with Gasteiger partial charge < -0.3 is 11.1 Å². The zero-order valence-corrected chi connectivity index (χ0v) is 12.6. The Balaban J connectivity index is 2.34. The number of amides is 1. The average molecular weight is 290 g/mol. The first-order chi connectivity index (χ1) is 9.79. The van der Waals surface area contributed by atoms with Crippen molar-refractivity contribution in [3.05, 3.63) is 46.5 Å². The van der Waals surface area contributed by atoms with Crippen molar-refractivity contribution in [3.63, 3.8) is 0 Å². The Morgan fingerprint density at radius 1 is 1.43 bits per heavy atom. The zero-order chi connectivity index (χ0) is 15.7. The van der Waals surface area contributed by atoms with Crippen LogP contribution in [0.5, 0.6) is 0 Å². The number of rotatable bonds is 4. The molecule has 1 atom stereocenters. The first-order valence-corrected chi connectivity index (χ1v) is 6.66. The highest BCUT2D eigenvalue weighted by molar-refractivity contribution is 5.94. The number of carbonyl (C=O) groups excluding carboxylic acids is 1. The maximum absolute atomic E-state index is 13.9. The molecule has 0 fully saturated rings. The molecular formula is C15H19FN4O. The largest absolute Gasteiger partial charge is 0.378 e. The quantitative estimate of drug-likeness (QED) is 0.908. The fourth-order valence-electron chi connectivity index (χ4n) is 2.33. The molecule has 0 aliphatic carbocycles. The average Bonchev–Trinajstić information content (AvgIpc) is 2.73. The van der Waals surface area contributed by atoms with Crippen LogP contribution >= 0.6 is 0 Å². The lowest BCUT2D eigenvalue weighted by atomic mass is 10.1. The minimum absolute atomic E-state index is 0.0695. The summed E-state index contributed by atoms with van der Waals surface area (Å²) in [6.07, 6.45) is 1.91. The zero-order valence-electron chi connectivity index (χ0n) is 12.6. The van der Waals surface area contributed by atoms with Gasteiger partial charge in [-0.2, -0.15) is 5.10 Å². The Bertz CT molecular complexity index is 693. The van der Waals surface area contributed by atoms with E-state index in [0.717, 1.165) is 17.3 Å². The molecule has 0 spiro atoms. The van der Waals surface area contributed by atoms with Crippen LogP contribution in [-0.2, 0) is 7.05 Å². The second-order valence-corrected chi connectivity index (χ2v) is 5.20. The van der Waals surface area contributed by atoms with Crippen molar-refractivity contribution < 1.29 is 9.18 Å². The first kappa shape index (κ1) is 15.0. The highest BCUT2D eigenvalue weighted by atomic mass is 19.1. The van der Waals surface area contributed by atoms with Gasteiger partial charge in [-0.25, -0.2) is 4.39 Å². The van der Waals surface area contributed by atoms with E-state index in [9.17, 15) is 9.18 Å². The first-order valence-electron chi connectivity index (χ1n) is 6.66. The fourth-order valence-corrected chi connectivity index (χ4v) is 2.33. The summed E-state index contributed by atoms with van der Waals surface area (Å²) in [5, 5.41) is 7.50. The van der Waals surface area contributed by atoms with E-state index in [1.54, 1.807) is 17.7 Å². The predicted molar refractivity (Wildman–Crippen MR) is 79.6 cm³/mol. The molecule has 112 valence electrons. The second-order valence-electron chi connectivity index (χ2n) is 5.20. The maximum atomic E-state index is 13.9. The molecule has 0 radical (unpaired) electrons. The van der Waals surface area contributed by atoms with E-state index in [4.69, 9.17) is 5.73 Å². The van der Waals surface area contributed by atoms with Crippen LogP contribution in [0.15, 0.2) is 18.3 Å². The van der Waals surface area contributed by atoms with Gasteiger partial charge in [-0.1, -0.05) is 0 Å². The van der Waals surface area contributed by atoms with E-state index in [1.165, 1.54) is 0 Å². The number of nitrogens with zero attached hydrogens (tertiary/aromatic N) is 2. The van der Waals surface area contributed by atoms with Crippen LogP contribution in [-0.4, -0.2) is 15.7 Å². The summed E-state index contributed by atoms with van der Waals surface area (Å²) in [6.45, 7) is 5.53. The monoisotopic (exact) mass is 290 g/mol. The van der Waals surface area contributed by atoms with Crippen molar-refractivity contribution in [1.82, 2.24) is 9.78 Å². The summed E-state index contributed by atoms with van der Waals surface area (Å²) in [5.74, 6) is -1.11. The number of carbonyl (C=O) groups is 1. The molecule has 1 aromatic heterocycles. The predicted octanol–water partition coefficient (Wildman–Crippen LogP) is 2.45. The smallest absolute Gasteiger partial charge is 0.248 e. The van der Waals surface area contributed by atoms with E-state index >= 15 is 0 Å². The van der Waals surface area contributed by atoms with Gasteiger partial charge in [0.05, 0.1) is 11.7 Å². The highest BCUT2D eigenvalue weighted by Crippen LogP contribution is 2.26. The van der Waals surface area contributed by atoms with Gasteiger partial charge in [0.2, 0.25) is 5.91 Å². The van der Waals surface area contributed by atoms with Gasteiger partial charge in [-0.3, -0.25) is 9.48 Å². The fraction of sp³-hybridized carbons (Fsp3) is 0.333. The van der Waals surface area contributed by atoms with E-state index in [2.05, 4.69) is 10.4 Å². The molecule has 1 aromatic carbocycles. The molecule has 3 N–H and O–H groups in total. The van der Waals surface area contributed by atoms with Crippen LogP contribution in [0.4, 0.5) is 10.1 Å². The Morgan fingerprint density at radius 3 is 2.62 bits per heavy atom. The molecular weight excluding hydrogens is 271 g/mol. The molecule has 0 saturated heterocycles. The summed E-state index contributed by atoms with van der Waals surface area (Å²) >= 11 is 0. The molecule has 5 nitrogen and oxygen atoms in total. The second kappa shape index (κ2) is 5.55. The summed E-state index contributed by atoms with van der Waals surface area (Å²) in [4.78, 5) is 11.2. The molecule has 6 heteroatoms. The molecule has 0 saturated carbocycles. The third-order valence-corrected chi connectivity index (χ3v) is 3.52. The van der Waals surface area contributed by atoms with Gasteiger partial charge in [-0.15, -0.1) is 0 Å². The molecule has 2 rings (SSSR count). The van der Waals surface area contributed by atoms with E-state index in [-0.39, 0.29) is 11.6 Å². The number of aromatic nitrogens is 2. The number of halogens is 1. The van der Waals surface area contributed by atoms with Crippen LogP contribution in [0.2, 0.25) is 0 Å². The summed E-state index contributed by atoms with van der Waals surface area (Å²) < 4.78 is 15.6. The third-order valence-electron chi connectivity index (χ3n) is 3.52. The molecule has 21 heavy (non-hydrogen) atoms. The van der Waals surface area contributed by atoms with Gasteiger partial charge in [0.1, 0.15) is 5.82 Å². The van der Waals surface area contributed by atoms with Crippen molar-refractivity contribution >= 4 is 11.6 Å². The molecule has 1 amide bonds. The number of anilines is 1. The lowest BCUT2D eigenvalue weighted by Crippen LogP contribution is -2.14. The lowest BCUT2D eigenvalue weighted by molar-refractivity contribution is 0.1000. The number of primary amides is 1. The highest BCUT2D eigenvalue weighted by Gasteiger charge is 2.15. The van der Waals surface area contributed by atoms with Crippen LogP contribution in [0.1, 0.15) is 40.1 Å². The molecule has 2 aromatic rings. The topological polar surface area (TPSA) is 72.9 Å². The Morgan fingerprint density at radius 2 is 2.10 bits per heavy atom. The molecule has 0 bridgehead atoms. The van der Waals surface area contributed by atoms with E-state index < -0.39 is 11.7 Å². The number of hydrogen-bond donors (Lipinski definition) is 2. The summed E-state index contributed by atoms with van der Waals surface area (Å²) in [5.41, 5.74) is 8.30. The van der Waals surface area contributed by atoms with Gasteiger partial charge in [0.15, 0.2) is 0 Å². The van der Waals surface area contributed by atoms with Crippen molar-refractivity contribution in [2.45, 2.75) is 26.8 Å². The van der Waals surface area contributed by atoms with Gasteiger partial charge in [0, 0.05) is 35.6 Å². The number of nitrogens with two attached hydrogens (primary N) is 1. The van der Waals surface area contributed by atoms with Gasteiger partial charge in [-0.05, 0) is 32.9 Å². The number of nitrogens with one attached hydrogen (secondary N) is 1. The van der Waals surface area contributed by atoms with E-state index in [1.807, 2.05) is 27.1 Å². The van der Waals surface area contributed by atoms with Crippen LogP contribution < -0.4 is 11.1 Å². The van der Waals surface area contributed by atoms with Gasteiger partial charge in [0.25, 0.3) is 0 Å². The SMILES string of the molecule is Cc1nn(C)cc1C(C)Nc1cc(C(N)=O)cc(F)c1C. The van der Waals surface area contributed by atoms with Crippen molar-refractivity contribution in [2.75, 3.05) is 5.32 Å². The molecule has 1 heterocycles. The van der Waals surface area contributed by atoms with Crippen LogP contribution in [0.25, 0.3) is 0 Å². The Labute approximate surface area is 123 Å². The normalized spacial score (nSPS) is 12.2. The third kappa shape index (κ3) is 3.04. The Kier molecular flexibility index (Phi) is 3.97. The summed E-state index contributed by atoms with van der Waals surface area (Å²) in [7, 11) is 1.85. The van der Waals surface area contributed by atoms with Crippen LogP contribution in [0.3, 0.4) is 0 Å². The molecule has 0 aliphatic heterocycles. The lowest BCUT2D eigenvalue weighted by Gasteiger charge is -2.17. The number of benzene rings is 1. The minimum Gasteiger partial charge on any atom is -0.378 e. The van der Waals surface area contributed by atoms with Crippen molar-refractivity contribution in [1.29, 1.82) is 0 Å². The van der Waals surface area contributed by atoms with Gasteiger partial charge >= 0.3 is 0 Å². The van der Waals surface area contributed by atoms with Crippen molar-refractivity contribution in [3.8, 4) is 0 Å². The van der Waals surface area contributed by atoms with E-state index in [0.29, 0.717) is 11.3 Å². The van der Waals surface area contributed by atoms with Crippen LogP contribution in [0, 0.1) is 19.7 Å². The summed E-state index contributed by atoms with van der Waals surface area (Å²) in [6, 6.07) is 2.66. The number of hydrogen-bond acceptors (Lipinski definition) is 3. The Hall–Kier alpha value is -2.37. The standard InChI is InChI=1S/C15H19FN4O/c1-8-13(16)5-11(15(17)21)6-14(8)18-9(2)12-7-20(4)19-10(12)3/h5-7,9,18H,1-4H3,(H2,17,21). The molecule has 1 unspecified atom stereocenters. The maximum Gasteiger partial charge on any atom is 0.248 e. The minimum atomic E-state index is -0.651.